The second-order valence-corrected chi connectivity index (χ2v) is 4.55. The normalized spacial score (nSPS) is 16.3. The number of rotatable bonds is 3. The molecule has 0 spiro atoms. The molecular weight excluding hydrogens is 275 g/mol. The number of carbonyl (C=O) groups excluding carboxylic acids is 1. The van der Waals surface area contributed by atoms with E-state index in [9.17, 15) is 9.18 Å². The molecule has 2 heterocycles. The number of fused-ring (bicyclic) bond motifs is 1. The van der Waals surface area contributed by atoms with Gasteiger partial charge in [-0.2, -0.15) is 4.39 Å². The summed E-state index contributed by atoms with van der Waals surface area (Å²) in [4.78, 5) is 15.4. The SMILES string of the molecule is O=C(NCC1COc2ccccc2O1)c1cccc(F)n1. The smallest absolute Gasteiger partial charge is 0.270 e. The number of nitrogens with one attached hydrogen (secondary N) is 1. The van der Waals surface area contributed by atoms with Crippen LogP contribution in [0.1, 0.15) is 10.5 Å². The summed E-state index contributed by atoms with van der Waals surface area (Å²) in [7, 11) is 0. The van der Waals surface area contributed by atoms with E-state index in [2.05, 4.69) is 10.3 Å². The first kappa shape index (κ1) is 13.4. The van der Waals surface area contributed by atoms with Crippen LogP contribution in [-0.4, -0.2) is 30.1 Å². The molecule has 1 aromatic carbocycles. The van der Waals surface area contributed by atoms with E-state index in [0.717, 1.165) is 0 Å². The summed E-state index contributed by atoms with van der Waals surface area (Å²) < 4.78 is 24.2. The van der Waals surface area contributed by atoms with Crippen LogP contribution in [-0.2, 0) is 0 Å². The molecular formula is C15H13FN2O3. The lowest BCUT2D eigenvalue weighted by atomic mass is 10.2. The Kier molecular flexibility index (Phi) is 3.68. The van der Waals surface area contributed by atoms with Gasteiger partial charge in [0.2, 0.25) is 5.95 Å². The minimum Gasteiger partial charge on any atom is -0.486 e. The summed E-state index contributed by atoms with van der Waals surface area (Å²) in [5.41, 5.74) is 0.0344. The first-order valence-corrected chi connectivity index (χ1v) is 6.51. The molecule has 1 aromatic heterocycles. The molecule has 5 nitrogen and oxygen atoms in total. The first-order valence-electron chi connectivity index (χ1n) is 6.51. The van der Waals surface area contributed by atoms with Crippen molar-refractivity contribution in [3.05, 3.63) is 54.1 Å². The average Bonchev–Trinajstić information content (AvgIpc) is 2.52. The second kappa shape index (κ2) is 5.78. The molecule has 3 rings (SSSR count). The summed E-state index contributed by atoms with van der Waals surface area (Å²) in [6.07, 6.45) is -0.294. The number of nitrogens with zero attached hydrogens (tertiary/aromatic N) is 1. The van der Waals surface area contributed by atoms with Crippen molar-refractivity contribution in [2.24, 2.45) is 0 Å². The molecule has 21 heavy (non-hydrogen) atoms. The van der Waals surface area contributed by atoms with Crippen LogP contribution < -0.4 is 14.8 Å². The molecule has 0 saturated heterocycles. The Morgan fingerprint density at radius 3 is 2.86 bits per heavy atom. The Morgan fingerprint density at radius 1 is 1.24 bits per heavy atom. The first-order chi connectivity index (χ1) is 10.2. The fourth-order valence-corrected chi connectivity index (χ4v) is 2.00. The number of hydrogen-bond acceptors (Lipinski definition) is 4. The largest absolute Gasteiger partial charge is 0.486 e. The van der Waals surface area contributed by atoms with Crippen molar-refractivity contribution in [3.63, 3.8) is 0 Å². The molecule has 1 unspecified atom stereocenters. The lowest BCUT2D eigenvalue weighted by Crippen LogP contribution is -2.41. The summed E-state index contributed by atoms with van der Waals surface area (Å²) in [6.45, 7) is 0.596. The number of pyridine rings is 1. The number of halogens is 1. The number of ether oxygens (including phenoxy) is 2. The lowest BCUT2D eigenvalue weighted by molar-refractivity contribution is 0.0786. The molecule has 6 heteroatoms. The van der Waals surface area contributed by atoms with Gasteiger partial charge in [0.05, 0.1) is 6.54 Å². The maximum Gasteiger partial charge on any atom is 0.270 e. The molecule has 1 amide bonds. The van der Waals surface area contributed by atoms with E-state index in [1.165, 1.54) is 18.2 Å². The summed E-state index contributed by atoms with van der Waals surface area (Å²) in [6, 6.07) is 11.4. The van der Waals surface area contributed by atoms with Gasteiger partial charge in [0.25, 0.3) is 5.91 Å². The number of amides is 1. The fourth-order valence-electron chi connectivity index (χ4n) is 2.00. The minimum absolute atomic E-state index is 0.0344. The zero-order chi connectivity index (χ0) is 14.7. The summed E-state index contributed by atoms with van der Waals surface area (Å²) in [5.74, 6) is 0.199. The van der Waals surface area contributed by atoms with Gasteiger partial charge in [-0.3, -0.25) is 4.79 Å². The maximum atomic E-state index is 13.0. The quantitative estimate of drug-likeness (QED) is 0.875. The Labute approximate surface area is 120 Å². The molecule has 0 aliphatic carbocycles. The summed E-state index contributed by atoms with van der Waals surface area (Å²) >= 11 is 0. The minimum atomic E-state index is -0.686. The average molecular weight is 288 g/mol. The van der Waals surface area contributed by atoms with Gasteiger partial charge < -0.3 is 14.8 Å². The van der Waals surface area contributed by atoms with Gasteiger partial charge in [-0.25, -0.2) is 4.98 Å². The van der Waals surface area contributed by atoms with Crippen molar-refractivity contribution in [3.8, 4) is 11.5 Å². The molecule has 2 aromatic rings. The van der Waals surface area contributed by atoms with Gasteiger partial charge in [-0.1, -0.05) is 18.2 Å². The molecule has 0 fully saturated rings. The number of carbonyl (C=O) groups is 1. The van der Waals surface area contributed by atoms with E-state index in [-0.39, 0.29) is 18.3 Å². The van der Waals surface area contributed by atoms with Crippen molar-refractivity contribution in [1.82, 2.24) is 10.3 Å². The standard InChI is InChI=1S/C15H13FN2O3/c16-14-7-3-4-11(18-14)15(19)17-8-10-9-20-12-5-1-2-6-13(12)21-10/h1-7,10H,8-9H2,(H,17,19). The maximum absolute atomic E-state index is 13.0. The number of hydrogen-bond donors (Lipinski definition) is 1. The number of aromatic nitrogens is 1. The highest BCUT2D eigenvalue weighted by Gasteiger charge is 2.21. The van der Waals surface area contributed by atoms with Gasteiger partial charge in [0, 0.05) is 0 Å². The second-order valence-electron chi connectivity index (χ2n) is 4.55. The predicted molar refractivity (Wildman–Crippen MR) is 72.9 cm³/mol. The third kappa shape index (κ3) is 3.10. The Morgan fingerprint density at radius 2 is 2.05 bits per heavy atom. The van der Waals surface area contributed by atoms with Crippen LogP contribution in [0.5, 0.6) is 11.5 Å². The summed E-state index contributed by atoms with van der Waals surface area (Å²) in [5, 5.41) is 2.65. The molecule has 1 N–H and O–H groups in total. The van der Waals surface area contributed by atoms with Crippen molar-refractivity contribution in [1.29, 1.82) is 0 Å². The third-order valence-corrected chi connectivity index (χ3v) is 3.01. The van der Waals surface area contributed by atoms with Crippen molar-refractivity contribution in [2.45, 2.75) is 6.10 Å². The van der Waals surface area contributed by atoms with Crippen LogP contribution in [0.3, 0.4) is 0 Å². The van der Waals surface area contributed by atoms with Crippen LogP contribution in [0, 0.1) is 5.95 Å². The van der Waals surface area contributed by atoms with E-state index in [4.69, 9.17) is 9.47 Å². The van der Waals surface area contributed by atoms with Crippen LogP contribution >= 0.6 is 0 Å². The molecule has 1 atom stereocenters. The van der Waals surface area contributed by atoms with Crippen LogP contribution in [0.2, 0.25) is 0 Å². The molecule has 0 radical (unpaired) electrons. The molecule has 1 aliphatic rings. The zero-order valence-corrected chi connectivity index (χ0v) is 11.1. The fraction of sp³-hybridized carbons (Fsp3) is 0.200. The van der Waals surface area contributed by atoms with Crippen LogP contribution in [0.25, 0.3) is 0 Å². The topological polar surface area (TPSA) is 60.5 Å². The van der Waals surface area contributed by atoms with Gasteiger partial charge in [0.1, 0.15) is 18.4 Å². The number of para-hydroxylation sites is 2. The predicted octanol–water partition coefficient (Wildman–Crippen LogP) is 1.79. The Bertz CT molecular complexity index is 663. The van der Waals surface area contributed by atoms with E-state index < -0.39 is 11.9 Å². The van der Waals surface area contributed by atoms with Gasteiger partial charge in [-0.05, 0) is 24.3 Å². The van der Waals surface area contributed by atoms with E-state index in [1.807, 2.05) is 18.2 Å². The lowest BCUT2D eigenvalue weighted by Gasteiger charge is -2.26. The highest BCUT2D eigenvalue weighted by molar-refractivity contribution is 5.92. The van der Waals surface area contributed by atoms with Crippen LogP contribution in [0.15, 0.2) is 42.5 Å². The monoisotopic (exact) mass is 288 g/mol. The molecule has 1 aliphatic heterocycles. The highest BCUT2D eigenvalue weighted by atomic mass is 19.1. The van der Waals surface area contributed by atoms with E-state index >= 15 is 0 Å². The van der Waals surface area contributed by atoms with E-state index in [1.54, 1.807) is 6.07 Å². The third-order valence-electron chi connectivity index (χ3n) is 3.01. The van der Waals surface area contributed by atoms with Crippen LogP contribution in [0.4, 0.5) is 4.39 Å². The Balaban J connectivity index is 1.58. The highest BCUT2D eigenvalue weighted by Crippen LogP contribution is 2.30. The zero-order valence-electron chi connectivity index (χ0n) is 11.1. The van der Waals surface area contributed by atoms with Crippen molar-refractivity contribution < 1.29 is 18.7 Å². The number of benzene rings is 1. The molecule has 0 saturated carbocycles. The molecule has 0 bridgehead atoms. The van der Waals surface area contributed by atoms with E-state index in [0.29, 0.717) is 18.1 Å². The van der Waals surface area contributed by atoms with Gasteiger partial charge in [0.15, 0.2) is 11.5 Å². The van der Waals surface area contributed by atoms with Crippen molar-refractivity contribution in [2.75, 3.05) is 13.2 Å². The Hall–Kier alpha value is -2.63. The van der Waals surface area contributed by atoms with Crippen molar-refractivity contribution >= 4 is 5.91 Å². The van der Waals surface area contributed by atoms with Gasteiger partial charge in [-0.15, -0.1) is 0 Å². The van der Waals surface area contributed by atoms with Gasteiger partial charge >= 0.3 is 0 Å². The molecule has 108 valence electrons.